The Balaban J connectivity index is 1.72. The number of nitrogens with one attached hydrogen (secondary N) is 1. The molecule has 0 unspecified atom stereocenters. The molecule has 0 fully saturated rings. The predicted molar refractivity (Wildman–Crippen MR) is 113 cm³/mol. The first-order valence-corrected chi connectivity index (χ1v) is 11.3. The lowest BCUT2D eigenvalue weighted by Crippen LogP contribution is -2.05. The van der Waals surface area contributed by atoms with Crippen molar-refractivity contribution in [3.8, 4) is 0 Å². The smallest absolute Gasteiger partial charge is 0.175 e. The molecule has 0 aliphatic heterocycles. The Labute approximate surface area is 175 Å². The van der Waals surface area contributed by atoms with Crippen LogP contribution < -0.4 is 5.32 Å². The molecule has 2 aromatic carbocycles. The fourth-order valence-electron chi connectivity index (χ4n) is 2.94. The summed E-state index contributed by atoms with van der Waals surface area (Å²) >= 11 is 3.44. The maximum atomic E-state index is 14.1. The lowest BCUT2D eigenvalue weighted by molar-refractivity contribution is 0.602. The van der Waals surface area contributed by atoms with Crippen LogP contribution in [0.3, 0.4) is 0 Å². The minimum Gasteiger partial charge on any atom is -0.340 e. The van der Waals surface area contributed by atoms with Crippen LogP contribution in [0.5, 0.6) is 0 Å². The van der Waals surface area contributed by atoms with Crippen LogP contribution in [0.25, 0.3) is 5.65 Å². The molecule has 0 amide bonds. The van der Waals surface area contributed by atoms with Crippen molar-refractivity contribution >= 4 is 42.9 Å². The summed E-state index contributed by atoms with van der Waals surface area (Å²) in [5.41, 5.74) is 2.49. The molecule has 2 heterocycles. The first-order valence-electron chi connectivity index (χ1n) is 8.65. The van der Waals surface area contributed by atoms with Gasteiger partial charge >= 0.3 is 0 Å². The molecular formula is C20H16BrFN4O2S. The fourth-order valence-corrected chi connectivity index (χ4v) is 3.91. The predicted octanol–water partition coefficient (Wildman–Crippen LogP) is 4.37. The van der Waals surface area contributed by atoms with Gasteiger partial charge in [0.05, 0.1) is 21.3 Å². The minimum atomic E-state index is -3.27. The molecule has 0 atom stereocenters. The molecular weight excluding hydrogens is 459 g/mol. The van der Waals surface area contributed by atoms with Crippen LogP contribution in [0, 0.1) is 5.82 Å². The zero-order valence-electron chi connectivity index (χ0n) is 15.3. The summed E-state index contributed by atoms with van der Waals surface area (Å²) in [6.07, 6.45) is 3.12. The van der Waals surface area contributed by atoms with Crippen molar-refractivity contribution in [2.45, 2.75) is 11.3 Å². The number of rotatable bonds is 5. The van der Waals surface area contributed by atoms with E-state index in [-0.39, 0.29) is 10.7 Å². The quantitative estimate of drug-likeness (QED) is 0.464. The Kier molecular flexibility index (Phi) is 5.10. The van der Waals surface area contributed by atoms with Crippen LogP contribution in [-0.2, 0) is 16.3 Å². The van der Waals surface area contributed by atoms with E-state index in [1.165, 1.54) is 18.2 Å². The van der Waals surface area contributed by atoms with Gasteiger partial charge in [-0.3, -0.25) is 0 Å². The largest absolute Gasteiger partial charge is 0.340 e. The van der Waals surface area contributed by atoms with Crippen LogP contribution >= 0.6 is 15.9 Å². The number of nitrogens with zero attached hydrogens (tertiary/aromatic N) is 3. The third-order valence-electron chi connectivity index (χ3n) is 4.37. The van der Waals surface area contributed by atoms with E-state index in [0.717, 1.165) is 6.26 Å². The van der Waals surface area contributed by atoms with Crippen LogP contribution in [0.15, 0.2) is 70.2 Å². The SMILES string of the molecule is CS(=O)(=O)c1ccc(Nc2cc(Cc3ccccc3F)nc3c(Br)cnn23)cc1. The Morgan fingerprint density at radius 3 is 2.55 bits per heavy atom. The molecule has 0 bridgehead atoms. The van der Waals surface area contributed by atoms with E-state index in [9.17, 15) is 12.8 Å². The van der Waals surface area contributed by atoms with Crippen LogP contribution in [0.2, 0.25) is 0 Å². The topological polar surface area (TPSA) is 76.4 Å². The van der Waals surface area contributed by atoms with Crippen molar-refractivity contribution < 1.29 is 12.8 Å². The highest BCUT2D eigenvalue weighted by Crippen LogP contribution is 2.25. The molecule has 29 heavy (non-hydrogen) atoms. The third kappa shape index (κ3) is 4.15. The van der Waals surface area contributed by atoms with Gasteiger partial charge in [-0.25, -0.2) is 17.8 Å². The Hall–Kier alpha value is -2.78. The first kappa shape index (κ1) is 19.5. The maximum Gasteiger partial charge on any atom is 0.175 e. The zero-order valence-corrected chi connectivity index (χ0v) is 17.7. The van der Waals surface area contributed by atoms with Gasteiger partial charge in [0, 0.05) is 24.4 Å². The summed E-state index contributed by atoms with van der Waals surface area (Å²) < 4.78 is 39.7. The molecule has 0 saturated carbocycles. The van der Waals surface area contributed by atoms with E-state index in [1.807, 2.05) is 0 Å². The highest BCUT2D eigenvalue weighted by atomic mass is 79.9. The summed E-state index contributed by atoms with van der Waals surface area (Å²) in [5.74, 6) is 0.340. The Morgan fingerprint density at radius 1 is 1.14 bits per heavy atom. The van der Waals surface area contributed by atoms with Gasteiger partial charge in [-0.2, -0.15) is 9.61 Å². The first-order chi connectivity index (χ1) is 13.8. The maximum absolute atomic E-state index is 14.1. The van der Waals surface area contributed by atoms with E-state index >= 15 is 0 Å². The zero-order chi connectivity index (χ0) is 20.6. The van der Waals surface area contributed by atoms with Crippen molar-refractivity contribution in [3.63, 3.8) is 0 Å². The number of halogens is 2. The van der Waals surface area contributed by atoms with Crippen molar-refractivity contribution in [3.05, 3.63) is 82.3 Å². The second kappa shape index (κ2) is 7.57. The molecule has 6 nitrogen and oxygen atoms in total. The molecule has 0 aliphatic rings. The Morgan fingerprint density at radius 2 is 1.86 bits per heavy atom. The van der Waals surface area contributed by atoms with Gasteiger partial charge in [0.15, 0.2) is 15.5 Å². The molecule has 9 heteroatoms. The van der Waals surface area contributed by atoms with E-state index in [0.29, 0.717) is 39.3 Å². The standard InChI is InChI=1S/C20H16BrFN4O2S/c1-29(27,28)16-8-6-14(7-9-16)24-19-11-15(10-13-4-2-3-5-18(13)22)25-20-17(21)12-23-26(19)20/h2-9,11-12,24H,10H2,1H3. The van der Waals surface area contributed by atoms with Gasteiger partial charge in [0.2, 0.25) is 0 Å². The van der Waals surface area contributed by atoms with E-state index in [4.69, 9.17) is 0 Å². The van der Waals surface area contributed by atoms with Gasteiger partial charge in [0.1, 0.15) is 11.6 Å². The van der Waals surface area contributed by atoms with Crippen molar-refractivity contribution in [1.82, 2.24) is 14.6 Å². The van der Waals surface area contributed by atoms with Gasteiger partial charge < -0.3 is 5.32 Å². The summed E-state index contributed by atoms with van der Waals surface area (Å²) in [6, 6.07) is 14.8. The highest BCUT2D eigenvalue weighted by molar-refractivity contribution is 9.10. The van der Waals surface area contributed by atoms with Crippen LogP contribution in [0.4, 0.5) is 15.9 Å². The minimum absolute atomic E-state index is 0.241. The number of anilines is 2. The summed E-state index contributed by atoms with van der Waals surface area (Å²) in [7, 11) is -3.27. The second-order valence-electron chi connectivity index (χ2n) is 6.55. The number of aromatic nitrogens is 3. The molecule has 4 rings (SSSR count). The van der Waals surface area contributed by atoms with E-state index in [1.54, 1.807) is 47.1 Å². The molecule has 0 spiro atoms. The van der Waals surface area contributed by atoms with Gasteiger partial charge in [-0.1, -0.05) is 18.2 Å². The Bertz CT molecular complexity index is 1300. The average Bonchev–Trinajstić information content (AvgIpc) is 3.05. The lowest BCUT2D eigenvalue weighted by Gasteiger charge is -2.11. The molecule has 0 radical (unpaired) electrons. The lowest BCUT2D eigenvalue weighted by atomic mass is 10.1. The van der Waals surface area contributed by atoms with Gasteiger partial charge in [-0.15, -0.1) is 0 Å². The van der Waals surface area contributed by atoms with Gasteiger partial charge in [0.25, 0.3) is 0 Å². The molecule has 148 valence electrons. The van der Waals surface area contributed by atoms with Crippen molar-refractivity contribution in [2.24, 2.45) is 0 Å². The number of hydrogen-bond donors (Lipinski definition) is 1. The van der Waals surface area contributed by atoms with Crippen LogP contribution in [0.1, 0.15) is 11.3 Å². The van der Waals surface area contributed by atoms with Crippen LogP contribution in [-0.4, -0.2) is 29.3 Å². The van der Waals surface area contributed by atoms with E-state index < -0.39 is 9.84 Å². The molecule has 4 aromatic rings. The summed E-state index contributed by atoms with van der Waals surface area (Å²) in [4.78, 5) is 4.83. The molecule has 1 N–H and O–H groups in total. The summed E-state index contributed by atoms with van der Waals surface area (Å²) in [6.45, 7) is 0. The normalized spacial score (nSPS) is 11.7. The average molecular weight is 475 g/mol. The fraction of sp³-hybridized carbons (Fsp3) is 0.100. The monoisotopic (exact) mass is 474 g/mol. The van der Waals surface area contributed by atoms with Gasteiger partial charge in [-0.05, 0) is 51.8 Å². The highest BCUT2D eigenvalue weighted by Gasteiger charge is 2.13. The second-order valence-corrected chi connectivity index (χ2v) is 9.42. The number of hydrogen-bond acceptors (Lipinski definition) is 5. The van der Waals surface area contributed by atoms with Crippen molar-refractivity contribution in [1.29, 1.82) is 0 Å². The van der Waals surface area contributed by atoms with Crippen molar-refractivity contribution in [2.75, 3.05) is 11.6 Å². The molecule has 2 aromatic heterocycles. The molecule has 0 saturated heterocycles. The summed E-state index contributed by atoms with van der Waals surface area (Å²) in [5, 5.41) is 7.54. The van der Waals surface area contributed by atoms with E-state index in [2.05, 4.69) is 31.3 Å². The number of fused-ring (bicyclic) bond motifs is 1. The number of benzene rings is 2. The molecule has 0 aliphatic carbocycles. The number of sulfone groups is 1. The third-order valence-corrected chi connectivity index (χ3v) is 6.05.